The first-order valence-electron chi connectivity index (χ1n) is 7.33. The van der Waals surface area contributed by atoms with Crippen molar-refractivity contribution in [1.82, 2.24) is 9.03 Å². The fourth-order valence-corrected chi connectivity index (χ4v) is 2.88. The fourth-order valence-electron chi connectivity index (χ4n) is 2.16. The molecular formula is C17H21FN2O2S. The van der Waals surface area contributed by atoms with Gasteiger partial charge in [0.2, 0.25) is 0 Å². The van der Waals surface area contributed by atoms with Gasteiger partial charge in [0.25, 0.3) is 10.2 Å². The van der Waals surface area contributed by atoms with Gasteiger partial charge in [-0.15, -0.1) is 0 Å². The molecule has 1 atom stereocenters. The first-order chi connectivity index (χ1) is 10.8. The Morgan fingerprint density at radius 1 is 1.09 bits per heavy atom. The van der Waals surface area contributed by atoms with Crippen LogP contribution in [0.4, 0.5) is 4.39 Å². The zero-order valence-electron chi connectivity index (χ0n) is 13.5. The summed E-state index contributed by atoms with van der Waals surface area (Å²) >= 11 is 0. The fraction of sp³-hybridized carbons (Fsp3) is 0.294. The van der Waals surface area contributed by atoms with E-state index < -0.39 is 10.2 Å². The summed E-state index contributed by atoms with van der Waals surface area (Å²) in [7, 11) is -0.460. The van der Waals surface area contributed by atoms with Crippen LogP contribution in [0.15, 0.2) is 48.5 Å². The molecule has 0 saturated carbocycles. The Kier molecular flexibility index (Phi) is 5.51. The summed E-state index contributed by atoms with van der Waals surface area (Å²) in [5, 5.41) is 0. The monoisotopic (exact) mass is 336 g/mol. The predicted molar refractivity (Wildman–Crippen MR) is 90.9 cm³/mol. The van der Waals surface area contributed by atoms with E-state index in [9.17, 15) is 12.8 Å². The molecule has 0 aromatic heterocycles. The summed E-state index contributed by atoms with van der Waals surface area (Å²) < 4.78 is 40.9. The molecule has 2 aromatic rings. The molecule has 124 valence electrons. The molecule has 0 amide bonds. The number of hydrogen-bond donors (Lipinski definition) is 1. The maximum Gasteiger partial charge on any atom is 0.278 e. The van der Waals surface area contributed by atoms with Gasteiger partial charge in [-0.1, -0.05) is 49.4 Å². The van der Waals surface area contributed by atoms with E-state index in [0.717, 1.165) is 15.4 Å². The molecule has 1 N–H and O–H groups in total. The molecule has 0 heterocycles. The smallest absolute Gasteiger partial charge is 0.206 e. The molecule has 0 unspecified atom stereocenters. The standard InChI is InChI=1S/C17H21FN2O2S/c1-13(12-19-23(21,22)20(2)3)14-8-10-15(11-9-14)16-6-4-5-7-17(16)18/h4-11,13,19H,12H2,1-3H3/t13-/m0/s1. The Morgan fingerprint density at radius 3 is 2.26 bits per heavy atom. The van der Waals surface area contributed by atoms with Crippen molar-refractivity contribution >= 4 is 10.2 Å². The minimum atomic E-state index is -3.42. The lowest BCUT2D eigenvalue weighted by molar-refractivity contribution is 0.501. The molecule has 0 bridgehead atoms. The number of hydrogen-bond acceptors (Lipinski definition) is 2. The van der Waals surface area contributed by atoms with Crippen LogP contribution in [0, 0.1) is 5.82 Å². The SMILES string of the molecule is C[C@@H](CNS(=O)(=O)N(C)C)c1ccc(-c2ccccc2F)cc1. The molecule has 0 radical (unpaired) electrons. The van der Waals surface area contributed by atoms with Crippen molar-refractivity contribution in [3.05, 3.63) is 59.9 Å². The molecule has 0 saturated heterocycles. The van der Waals surface area contributed by atoms with Crippen LogP contribution in [0.3, 0.4) is 0 Å². The van der Waals surface area contributed by atoms with Crippen molar-refractivity contribution in [2.24, 2.45) is 0 Å². The maximum atomic E-state index is 13.8. The third-order valence-corrected chi connectivity index (χ3v) is 5.21. The van der Waals surface area contributed by atoms with Crippen LogP contribution < -0.4 is 4.72 Å². The van der Waals surface area contributed by atoms with E-state index in [1.807, 2.05) is 31.2 Å². The number of benzene rings is 2. The highest BCUT2D eigenvalue weighted by molar-refractivity contribution is 7.87. The molecular weight excluding hydrogens is 315 g/mol. The molecule has 0 aliphatic carbocycles. The van der Waals surface area contributed by atoms with Crippen molar-refractivity contribution < 1.29 is 12.8 Å². The van der Waals surface area contributed by atoms with Crippen LogP contribution in [0.2, 0.25) is 0 Å². The first kappa shape index (κ1) is 17.6. The Bertz CT molecular complexity index is 758. The van der Waals surface area contributed by atoms with Gasteiger partial charge in [-0.25, -0.2) is 9.11 Å². The number of nitrogens with one attached hydrogen (secondary N) is 1. The van der Waals surface area contributed by atoms with Crippen LogP contribution in [0.5, 0.6) is 0 Å². The highest BCUT2D eigenvalue weighted by Gasteiger charge is 2.15. The van der Waals surface area contributed by atoms with Gasteiger partial charge in [0, 0.05) is 26.2 Å². The van der Waals surface area contributed by atoms with Gasteiger partial charge >= 0.3 is 0 Å². The van der Waals surface area contributed by atoms with Gasteiger partial charge < -0.3 is 0 Å². The second kappa shape index (κ2) is 7.21. The first-order valence-corrected chi connectivity index (χ1v) is 8.77. The van der Waals surface area contributed by atoms with Gasteiger partial charge in [0.1, 0.15) is 5.82 Å². The number of nitrogens with zero attached hydrogens (tertiary/aromatic N) is 1. The Labute approximate surface area is 137 Å². The van der Waals surface area contributed by atoms with Crippen LogP contribution in [-0.2, 0) is 10.2 Å². The van der Waals surface area contributed by atoms with Crippen molar-refractivity contribution in [3.63, 3.8) is 0 Å². The van der Waals surface area contributed by atoms with Gasteiger partial charge in [0.05, 0.1) is 0 Å². The summed E-state index contributed by atoms with van der Waals surface area (Å²) in [6.45, 7) is 2.25. The van der Waals surface area contributed by atoms with Crippen LogP contribution in [-0.4, -0.2) is 33.4 Å². The summed E-state index contributed by atoms with van der Waals surface area (Å²) in [5.74, 6) is -0.244. The average molecular weight is 336 g/mol. The number of halogens is 1. The molecule has 0 spiro atoms. The third-order valence-electron chi connectivity index (χ3n) is 3.72. The van der Waals surface area contributed by atoms with E-state index in [-0.39, 0.29) is 11.7 Å². The van der Waals surface area contributed by atoms with Crippen molar-refractivity contribution in [2.45, 2.75) is 12.8 Å². The van der Waals surface area contributed by atoms with E-state index in [2.05, 4.69) is 4.72 Å². The molecule has 23 heavy (non-hydrogen) atoms. The second-order valence-corrected chi connectivity index (χ2v) is 7.61. The van der Waals surface area contributed by atoms with Crippen molar-refractivity contribution in [2.75, 3.05) is 20.6 Å². The lowest BCUT2D eigenvalue weighted by Gasteiger charge is -2.16. The van der Waals surface area contributed by atoms with Crippen molar-refractivity contribution in [3.8, 4) is 11.1 Å². The number of rotatable bonds is 6. The lowest BCUT2D eigenvalue weighted by atomic mass is 9.97. The summed E-state index contributed by atoms with van der Waals surface area (Å²) in [4.78, 5) is 0. The van der Waals surface area contributed by atoms with Gasteiger partial charge in [-0.2, -0.15) is 12.7 Å². The minimum Gasteiger partial charge on any atom is -0.206 e. The molecule has 0 aliphatic heterocycles. The van der Waals surface area contributed by atoms with E-state index in [1.165, 1.54) is 20.2 Å². The zero-order chi connectivity index (χ0) is 17.0. The van der Waals surface area contributed by atoms with Crippen molar-refractivity contribution in [1.29, 1.82) is 0 Å². The summed E-state index contributed by atoms with van der Waals surface area (Å²) in [6.07, 6.45) is 0. The molecule has 0 fully saturated rings. The normalized spacial score (nSPS) is 13.3. The van der Waals surface area contributed by atoms with Gasteiger partial charge in [0.15, 0.2) is 0 Å². The predicted octanol–water partition coefficient (Wildman–Crippen LogP) is 2.99. The van der Waals surface area contributed by atoms with E-state index >= 15 is 0 Å². The topological polar surface area (TPSA) is 49.4 Å². The van der Waals surface area contributed by atoms with E-state index in [4.69, 9.17) is 0 Å². The van der Waals surface area contributed by atoms with Gasteiger partial charge in [-0.05, 0) is 23.1 Å². The highest BCUT2D eigenvalue weighted by atomic mass is 32.2. The Balaban J connectivity index is 2.09. The van der Waals surface area contributed by atoms with E-state index in [1.54, 1.807) is 18.2 Å². The van der Waals surface area contributed by atoms with Crippen LogP contribution >= 0.6 is 0 Å². The Morgan fingerprint density at radius 2 is 1.70 bits per heavy atom. The molecule has 0 aliphatic rings. The Hall–Kier alpha value is -1.76. The highest BCUT2D eigenvalue weighted by Crippen LogP contribution is 2.24. The maximum absolute atomic E-state index is 13.8. The van der Waals surface area contributed by atoms with E-state index in [0.29, 0.717) is 12.1 Å². The lowest BCUT2D eigenvalue weighted by Crippen LogP contribution is -2.37. The third kappa shape index (κ3) is 4.37. The molecule has 2 rings (SSSR count). The summed E-state index contributed by atoms with van der Waals surface area (Å²) in [5.41, 5.74) is 2.35. The second-order valence-electron chi connectivity index (χ2n) is 5.64. The van der Waals surface area contributed by atoms with Gasteiger partial charge in [-0.3, -0.25) is 0 Å². The largest absolute Gasteiger partial charge is 0.278 e. The molecule has 6 heteroatoms. The molecule has 2 aromatic carbocycles. The zero-order valence-corrected chi connectivity index (χ0v) is 14.3. The summed E-state index contributed by atoms with van der Waals surface area (Å²) in [6, 6.07) is 14.1. The molecule has 4 nitrogen and oxygen atoms in total. The minimum absolute atomic E-state index is 0.0133. The average Bonchev–Trinajstić information content (AvgIpc) is 2.53. The quantitative estimate of drug-likeness (QED) is 0.881. The van der Waals surface area contributed by atoms with Crippen LogP contribution in [0.1, 0.15) is 18.4 Å². The van der Waals surface area contributed by atoms with Crippen LogP contribution in [0.25, 0.3) is 11.1 Å².